The molecule has 20 heavy (non-hydrogen) atoms. The fourth-order valence-electron chi connectivity index (χ4n) is 2.25. The van der Waals surface area contributed by atoms with Gasteiger partial charge in [0.15, 0.2) is 0 Å². The molecule has 0 amide bonds. The maximum Gasteiger partial charge on any atom is 0.353 e. The van der Waals surface area contributed by atoms with E-state index in [1.807, 2.05) is 13.8 Å². The molecule has 1 fully saturated rings. The first kappa shape index (κ1) is 14.4. The quantitative estimate of drug-likeness (QED) is 0.603. The zero-order chi connectivity index (χ0) is 14.5. The van der Waals surface area contributed by atoms with Crippen molar-refractivity contribution in [3.05, 3.63) is 16.4 Å². The summed E-state index contributed by atoms with van der Waals surface area (Å²) in [5, 5.41) is 17.1. The molecule has 2 heterocycles. The number of aromatic nitrogens is 2. The summed E-state index contributed by atoms with van der Waals surface area (Å²) in [5.74, 6) is 0.831. The highest BCUT2D eigenvalue weighted by atomic mass is 16.6. The van der Waals surface area contributed by atoms with E-state index in [9.17, 15) is 10.1 Å². The van der Waals surface area contributed by atoms with Crippen LogP contribution in [0.1, 0.15) is 20.3 Å². The second kappa shape index (κ2) is 6.47. The Balaban J connectivity index is 2.13. The molecule has 0 radical (unpaired) electrons. The smallest absolute Gasteiger partial charge is 0.353 e. The molecule has 0 spiro atoms. The predicted octanol–water partition coefficient (Wildman–Crippen LogP) is 1.65. The van der Waals surface area contributed by atoms with Crippen LogP contribution >= 0.6 is 0 Å². The zero-order valence-corrected chi connectivity index (χ0v) is 11.6. The van der Waals surface area contributed by atoms with E-state index in [-0.39, 0.29) is 23.4 Å². The second-order valence-electron chi connectivity index (χ2n) is 4.71. The third kappa shape index (κ3) is 3.13. The minimum Gasteiger partial charge on any atom is -0.378 e. The Morgan fingerprint density at radius 1 is 1.45 bits per heavy atom. The highest BCUT2D eigenvalue weighted by Crippen LogP contribution is 2.29. The van der Waals surface area contributed by atoms with Crippen molar-refractivity contribution < 1.29 is 9.66 Å². The fraction of sp³-hybridized carbons (Fsp3) is 0.667. The number of nitrogens with zero attached hydrogens (tertiary/aromatic N) is 3. The summed E-state index contributed by atoms with van der Waals surface area (Å²) in [5.41, 5.74) is -0.110. The number of ether oxygens (including phenoxy) is 1. The summed E-state index contributed by atoms with van der Waals surface area (Å²) in [6.45, 7) is 5.77. The molecular formula is C12H19N5O3. The van der Waals surface area contributed by atoms with E-state index >= 15 is 0 Å². The average Bonchev–Trinajstić information content (AvgIpc) is 2.82. The van der Waals surface area contributed by atoms with Crippen molar-refractivity contribution in [3.8, 4) is 0 Å². The van der Waals surface area contributed by atoms with Crippen LogP contribution in [-0.2, 0) is 4.74 Å². The largest absolute Gasteiger partial charge is 0.378 e. The lowest BCUT2D eigenvalue weighted by molar-refractivity contribution is -0.383. The minimum absolute atomic E-state index is 0.110. The van der Waals surface area contributed by atoms with Crippen LogP contribution < -0.4 is 10.6 Å². The van der Waals surface area contributed by atoms with Crippen LogP contribution in [0.3, 0.4) is 0 Å². The van der Waals surface area contributed by atoms with Gasteiger partial charge in [-0.25, -0.2) is 9.97 Å². The molecule has 8 heteroatoms. The number of anilines is 2. The van der Waals surface area contributed by atoms with Gasteiger partial charge in [0, 0.05) is 25.6 Å². The topological polar surface area (TPSA) is 102 Å². The summed E-state index contributed by atoms with van der Waals surface area (Å²) < 4.78 is 5.47. The molecule has 0 bridgehead atoms. The van der Waals surface area contributed by atoms with Gasteiger partial charge in [-0.15, -0.1) is 0 Å². The summed E-state index contributed by atoms with van der Waals surface area (Å²) in [6.07, 6.45) is 2.44. The Bertz CT molecular complexity index is 482. The minimum atomic E-state index is -0.463. The van der Waals surface area contributed by atoms with Crippen LogP contribution in [-0.4, -0.2) is 40.7 Å². The molecule has 2 N–H and O–H groups in total. The van der Waals surface area contributed by atoms with Crippen molar-refractivity contribution in [1.29, 1.82) is 0 Å². The van der Waals surface area contributed by atoms with Crippen LogP contribution in [0.2, 0.25) is 0 Å². The third-order valence-electron chi connectivity index (χ3n) is 3.41. The normalized spacial score (nSPS) is 21.7. The van der Waals surface area contributed by atoms with Gasteiger partial charge >= 0.3 is 5.69 Å². The van der Waals surface area contributed by atoms with Crippen molar-refractivity contribution in [2.24, 2.45) is 5.92 Å². The monoisotopic (exact) mass is 281 g/mol. The number of nitrogens with one attached hydrogen (secondary N) is 2. The Labute approximate surface area is 117 Å². The summed E-state index contributed by atoms with van der Waals surface area (Å²) in [4.78, 5) is 18.6. The number of nitro groups is 1. The molecular weight excluding hydrogens is 262 g/mol. The van der Waals surface area contributed by atoms with Gasteiger partial charge in [-0.1, -0.05) is 0 Å². The Morgan fingerprint density at radius 2 is 2.15 bits per heavy atom. The van der Waals surface area contributed by atoms with Crippen LogP contribution in [0.15, 0.2) is 6.33 Å². The van der Waals surface area contributed by atoms with E-state index in [0.29, 0.717) is 19.0 Å². The molecule has 1 aliphatic heterocycles. The van der Waals surface area contributed by atoms with Gasteiger partial charge in [0.25, 0.3) is 0 Å². The van der Waals surface area contributed by atoms with Crippen molar-refractivity contribution in [2.45, 2.75) is 26.4 Å². The first-order valence-corrected chi connectivity index (χ1v) is 6.72. The molecule has 1 aromatic rings. The molecule has 2 unspecified atom stereocenters. The van der Waals surface area contributed by atoms with Gasteiger partial charge in [-0.05, 0) is 20.3 Å². The van der Waals surface area contributed by atoms with E-state index in [1.165, 1.54) is 6.33 Å². The molecule has 2 rings (SSSR count). The van der Waals surface area contributed by atoms with Gasteiger partial charge < -0.3 is 15.4 Å². The van der Waals surface area contributed by atoms with Crippen LogP contribution in [0.5, 0.6) is 0 Å². The SMILES string of the molecule is CCNc1ncnc(NCC2CCOC2C)c1[N+](=O)[O-]. The molecule has 1 aliphatic rings. The number of hydrogen-bond acceptors (Lipinski definition) is 7. The van der Waals surface area contributed by atoms with Gasteiger partial charge in [0.1, 0.15) is 6.33 Å². The molecule has 0 aromatic carbocycles. The Hall–Kier alpha value is -1.96. The fourth-order valence-corrected chi connectivity index (χ4v) is 2.25. The second-order valence-corrected chi connectivity index (χ2v) is 4.71. The molecule has 0 saturated carbocycles. The lowest BCUT2D eigenvalue weighted by atomic mass is 10.0. The van der Waals surface area contributed by atoms with Gasteiger partial charge in [-0.3, -0.25) is 10.1 Å². The van der Waals surface area contributed by atoms with E-state index in [0.717, 1.165) is 13.0 Å². The predicted molar refractivity (Wildman–Crippen MR) is 74.9 cm³/mol. The maximum atomic E-state index is 11.2. The molecule has 8 nitrogen and oxygen atoms in total. The summed E-state index contributed by atoms with van der Waals surface area (Å²) >= 11 is 0. The molecule has 2 atom stereocenters. The van der Waals surface area contributed by atoms with Crippen LogP contribution in [0.25, 0.3) is 0 Å². The standard InChI is InChI=1S/C12H19N5O3/c1-3-13-11-10(17(18)19)12(16-7-15-11)14-6-9-4-5-20-8(9)2/h7-9H,3-6H2,1-2H3,(H2,13,14,15,16). The number of rotatable bonds is 6. The Kier molecular flexibility index (Phi) is 4.67. The van der Waals surface area contributed by atoms with Crippen molar-refractivity contribution in [3.63, 3.8) is 0 Å². The van der Waals surface area contributed by atoms with E-state index in [4.69, 9.17) is 4.74 Å². The van der Waals surface area contributed by atoms with Crippen molar-refractivity contribution in [2.75, 3.05) is 30.3 Å². The Morgan fingerprint density at radius 3 is 2.70 bits per heavy atom. The third-order valence-corrected chi connectivity index (χ3v) is 3.41. The first-order valence-electron chi connectivity index (χ1n) is 6.72. The summed E-state index contributed by atoms with van der Waals surface area (Å²) in [7, 11) is 0. The number of hydrogen-bond donors (Lipinski definition) is 2. The lowest BCUT2D eigenvalue weighted by Gasteiger charge is -2.15. The summed E-state index contributed by atoms with van der Waals surface area (Å²) in [6, 6.07) is 0. The van der Waals surface area contributed by atoms with Crippen LogP contribution in [0.4, 0.5) is 17.3 Å². The lowest BCUT2D eigenvalue weighted by Crippen LogP contribution is -2.22. The van der Waals surface area contributed by atoms with Crippen molar-refractivity contribution >= 4 is 17.3 Å². The van der Waals surface area contributed by atoms with Gasteiger partial charge in [-0.2, -0.15) is 0 Å². The highest BCUT2D eigenvalue weighted by molar-refractivity contribution is 5.69. The van der Waals surface area contributed by atoms with Gasteiger partial charge in [0.2, 0.25) is 11.6 Å². The zero-order valence-electron chi connectivity index (χ0n) is 11.6. The van der Waals surface area contributed by atoms with Crippen LogP contribution in [0, 0.1) is 16.0 Å². The maximum absolute atomic E-state index is 11.2. The average molecular weight is 281 g/mol. The molecule has 0 aliphatic carbocycles. The van der Waals surface area contributed by atoms with E-state index in [2.05, 4.69) is 20.6 Å². The molecule has 110 valence electrons. The van der Waals surface area contributed by atoms with Gasteiger partial charge in [0.05, 0.1) is 11.0 Å². The molecule has 1 aromatic heterocycles. The van der Waals surface area contributed by atoms with Crippen molar-refractivity contribution in [1.82, 2.24) is 9.97 Å². The van der Waals surface area contributed by atoms with E-state index < -0.39 is 4.92 Å². The van der Waals surface area contributed by atoms with E-state index in [1.54, 1.807) is 0 Å². The first-order chi connectivity index (χ1) is 9.63. The highest BCUT2D eigenvalue weighted by Gasteiger charge is 2.27. The molecule has 1 saturated heterocycles.